The summed E-state index contributed by atoms with van der Waals surface area (Å²) in [6, 6.07) is 7.00. The zero-order valence-electron chi connectivity index (χ0n) is 20.9. The van der Waals surface area contributed by atoms with Crippen LogP contribution in [0.15, 0.2) is 53.5 Å². The van der Waals surface area contributed by atoms with Crippen molar-refractivity contribution in [3.63, 3.8) is 0 Å². The van der Waals surface area contributed by atoms with Gasteiger partial charge in [-0.3, -0.25) is 9.67 Å². The molecule has 37 heavy (non-hydrogen) atoms. The van der Waals surface area contributed by atoms with Gasteiger partial charge in [0.25, 0.3) is 0 Å². The van der Waals surface area contributed by atoms with Gasteiger partial charge in [0.1, 0.15) is 17.2 Å². The molecule has 1 fully saturated rings. The maximum Gasteiger partial charge on any atom is 0.410 e. The molecule has 0 aliphatic carbocycles. The quantitative estimate of drug-likeness (QED) is 0.316. The van der Waals surface area contributed by atoms with Crippen molar-refractivity contribution < 1.29 is 13.9 Å². The summed E-state index contributed by atoms with van der Waals surface area (Å²) in [5.41, 5.74) is 8.71. The van der Waals surface area contributed by atoms with Gasteiger partial charge in [-0.15, -0.1) is 0 Å². The van der Waals surface area contributed by atoms with E-state index in [9.17, 15) is 9.18 Å². The average molecular weight is 567 g/mol. The summed E-state index contributed by atoms with van der Waals surface area (Å²) in [5, 5.41) is 5.73. The van der Waals surface area contributed by atoms with E-state index >= 15 is 0 Å². The van der Waals surface area contributed by atoms with Crippen molar-refractivity contribution in [1.29, 1.82) is 0 Å². The monoisotopic (exact) mass is 566 g/mol. The van der Waals surface area contributed by atoms with E-state index in [0.29, 0.717) is 40.9 Å². The van der Waals surface area contributed by atoms with Crippen molar-refractivity contribution in [2.75, 3.05) is 18.8 Å². The van der Waals surface area contributed by atoms with Gasteiger partial charge in [0.2, 0.25) is 0 Å². The predicted molar refractivity (Wildman–Crippen MR) is 144 cm³/mol. The van der Waals surface area contributed by atoms with E-state index in [2.05, 4.69) is 31.0 Å². The van der Waals surface area contributed by atoms with Gasteiger partial charge in [-0.05, 0) is 57.9 Å². The van der Waals surface area contributed by atoms with Crippen LogP contribution in [-0.2, 0) is 4.74 Å². The predicted octanol–water partition coefficient (Wildman–Crippen LogP) is 6.22. The minimum atomic E-state index is -0.508. The minimum Gasteiger partial charge on any atom is -0.444 e. The summed E-state index contributed by atoms with van der Waals surface area (Å²) in [6.07, 6.45) is 8.32. The normalized spacial score (nSPS) is 14.8. The van der Waals surface area contributed by atoms with Gasteiger partial charge < -0.3 is 15.4 Å². The molecule has 192 valence electrons. The van der Waals surface area contributed by atoms with E-state index < -0.39 is 5.60 Å². The number of pyridine rings is 2. The van der Waals surface area contributed by atoms with E-state index in [-0.39, 0.29) is 18.0 Å². The molecule has 0 bridgehead atoms. The van der Waals surface area contributed by atoms with Gasteiger partial charge in [-0.1, -0.05) is 15.9 Å². The molecule has 0 atom stereocenters. The third-order valence-corrected chi connectivity index (χ3v) is 7.11. The topological polar surface area (TPSA) is 99.2 Å². The number of nitrogen functional groups attached to an aromatic ring is 1. The van der Waals surface area contributed by atoms with Crippen LogP contribution in [0.25, 0.3) is 33.2 Å². The van der Waals surface area contributed by atoms with Crippen LogP contribution in [-0.4, -0.2) is 49.4 Å². The van der Waals surface area contributed by atoms with E-state index in [1.807, 2.05) is 43.8 Å². The first-order valence-corrected chi connectivity index (χ1v) is 12.9. The van der Waals surface area contributed by atoms with Crippen LogP contribution in [0.5, 0.6) is 0 Å². The Balaban J connectivity index is 1.35. The van der Waals surface area contributed by atoms with Crippen LogP contribution in [0.1, 0.15) is 39.7 Å². The van der Waals surface area contributed by atoms with Crippen LogP contribution >= 0.6 is 15.9 Å². The number of aromatic nitrogens is 4. The van der Waals surface area contributed by atoms with Gasteiger partial charge in [-0.2, -0.15) is 5.10 Å². The van der Waals surface area contributed by atoms with Gasteiger partial charge in [-0.25, -0.2) is 14.2 Å². The molecule has 5 rings (SSSR count). The molecule has 0 saturated carbocycles. The van der Waals surface area contributed by atoms with Crippen LogP contribution < -0.4 is 5.73 Å². The Morgan fingerprint density at radius 3 is 2.57 bits per heavy atom. The van der Waals surface area contributed by atoms with Crippen LogP contribution in [0.3, 0.4) is 0 Å². The molecule has 0 unspecified atom stereocenters. The lowest BCUT2D eigenvalue weighted by atomic mass is 10.0. The number of carbonyl (C=O) groups is 1. The molecular weight excluding hydrogens is 539 g/mol. The van der Waals surface area contributed by atoms with Crippen molar-refractivity contribution in [3.8, 4) is 22.4 Å². The number of carbonyl (C=O) groups excluding carboxylic acids is 1. The number of amides is 1. The molecule has 4 heterocycles. The molecular formula is C27H28BrFN6O2. The third kappa shape index (κ3) is 5.29. The van der Waals surface area contributed by atoms with Gasteiger partial charge in [0.05, 0.1) is 17.9 Å². The first kappa shape index (κ1) is 25.1. The van der Waals surface area contributed by atoms with Crippen LogP contribution in [0.2, 0.25) is 0 Å². The maximum absolute atomic E-state index is 14.2. The first-order valence-electron chi connectivity index (χ1n) is 12.1. The van der Waals surface area contributed by atoms with E-state index in [4.69, 9.17) is 10.5 Å². The number of halogens is 2. The number of fused-ring (bicyclic) bond motifs is 1. The molecule has 1 saturated heterocycles. The Hall–Kier alpha value is -3.53. The minimum absolute atomic E-state index is 0.183. The highest BCUT2D eigenvalue weighted by Gasteiger charge is 2.28. The maximum atomic E-state index is 14.2. The number of hydrogen-bond acceptors (Lipinski definition) is 6. The molecule has 0 radical (unpaired) electrons. The van der Waals surface area contributed by atoms with Crippen molar-refractivity contribution in [2.45, 2.75) is 45.3 Å². The Kier molecular flexibility index (Phi) is 6.61. The van der Waals surface area contributed by atoms with Crippen LogP contribution in [0, 0.1) is 5.82 Å². The van der Waals surface area contributed by atoms with Crippen molar-refractivity contribution in [1.82, 2.24) is 24.6 Å². The van der Waals surface area contributed by atoms with Gasteiger partial charge in [0.15, 0.2) is 0 Å². The first-order chi connectivity index (χ1) is 17.6. The lowest BCUT2D eigenvalue weighted by Crippen LogP contribution is -2.42. The second kappa shape index (κ2) is 9.74. The third-order valence-electron chi connectivity index (χ3n) is 6.41. The lowest BCUT2D eigenvalue weighted by Gasteiger charge is -2.33. The smallest absolute Gasteiger partial charge is 0.410 e. The molecule has 1 aromatic carbocycles. The van der Waals surface area contributed by atoms with E-state index in [0.717, 1.165) is 28.4 Å². The average Bonchev–Trinajstić information content (AvgIpc) is 3.36. The number of nitrogens with zero attached hydrogens (tertiary/aromatic N) is 5. The zero-order chi connectivity index (χ0) is 26.3. The molecule has 8 nitrogen and oxygen atoms in total. The largest absolute Gasteiger partial charge is 0.444 e. The fourth-order valence-corrected chi connectivity index (χ4v) is 4.94. The van der Waals surface area contributed by atoms with Gasteiger partial charge >= 0.3 is 6.09 Å². The zero-order valence-corrected chi connectivity index (χ0v) is 22.5. The fraction of sp³-hybridized carbons (Fsp3) is 0.333. The molecule has 3 aromatic heterocycles. The Labute approximate surface area is 222 Å². The molecule has 1 aliphatic rings. The molecule has 10 heteroatoms. The number of anilines is 1. The number of nitrogens with two attached hydrogens (primary N) is 1. The second-order valence-electron chi connectivity index (χ2n) is 10.2. The van der Waals surface area contributed by atoms with E-state index in [1.54, 1.807) is 23.4 Å². The van der Waals surface area contributed by atoms with Crippen LogP contribution in [0.4, 0.5) is 15.0 Å². The summed E-state index contributed by atoms with van der Waals surface area (Å²) in [4.78, 5) is 23.0. The fourth-order valence-electron chi connectivity index (χ4n) is 4.48. The summed E-state index contributed by atoms with van der Waals surface area (Å²) < 4.78 is 22.4. The molecule has 1 aliphatic heterocycles. The molecule has 2 N–H and O–H groups in total. The standard InChI is InChI=1S/C27H28BrFN6O2/c1-27(2,3)37-26(36)34-8-6-18(7-9-34)35-15-17(13-33-35)16-10-20(25(30)32-12-16)24-11-19-21(14-31-24)23(29)5-4-22(19)28/h4-5,10-15,18H,6-9H2,1-3H3,(H2,30,32). The van der Waals surface area contributed by atoms with Crippen molar-refractivity contribution in [3.05, 3.63) is 59.3 Å². The van der Waals surface area contributed by atoms with Gasteiger partial charge in [0, 0.05) is 63.6 Å². The number of rotatable bonds is 3. The highest BCUT2D eigenvalue weighted by Crippen LogP contribution is 2.33. The van der Waals surface area contributed by atoms with Crippen molar-refractivity contribution >= 4 is 38.6 Å². The Bertz CT molecular complexity index is 1470. The number of hydrogen-bond donors (Lipinski definition) is 1. The molecule has 4 aromatic rings. The summed E-state index contributed by atoms with van der Waals surface area (Å²) in [5.74, 6) is 0.00599. The number of ether oxygens (including phenoxy) is 1. The summed E-state index contributed by atoms with van der Waals surface area (Å²) in [7, 11) is 0. The Morgan fingerprint density at radius 2 is 1.84 bits per heavy atom. The molecule has 0 spiro atoms. The number of likely N-dealkylation sites (tertiary alicyclic amines) is 1. The SMILES string of the molecule is CC(C)(C)OC(=O)N1CCC(n2cc(-c3cnc(N)c(-c4cc5c(Br)ccc(F)c5cn4)c3)cn2)CC1. The second-order valence-corrected chi connectivity index (χ2v) is 11.1. The Morgan fingerprint density at radius 1 is 1.08 bits per heavy atom. The lowest BCUT2D eigenvalue weighted by molar-refractivity contribution is 0.0185. The number of benzene rings is 1. The summed E-state index contributed by atoms with van der Waals surface area (Å²) >= 11 is 3.49. The molecule has 1 amide bonds. The summed E-state index contributed by atoms with van der Waals surface area (Å²) in [6.45, 7) is 6.85. The highest BCUT2D eigenvalue weighted by atomic mass is 79.9. The highest BCUT2D eigenvalue weighted by molar-refractivity contribution is 9.10. The van der Waals surface area contributed by atoms with E-state index in [1.165, 1.54) is 12.3 Å². The number of piperidine rings is 1. The van der Waals surface area contributed by atoms with Crippen molar-refractivity contribution in [2.24, 2.45) is 0 Å².